The number of nitrogens with zero attached hydrogens (tertiary/aromatic N) is 1. The van der Waals surface area contributed by atoms with Crippen LogP contribution in [0.1, 0.15) is 12.8 Å². The van der Waals surface area contributed by atoms with E-state index in [1.54, 1.807) is 37.4 Å². The lowest BCUT2D eigenvalue weighted by atomic mass is 10.2. The SMILES string of the molecule is COc1ccccc1OCCNC(=O)CCCN(c1ccccc1Br)S(C)(=O)=O. The molecule has 0 radical (unpaired) electrons. The number of hydrogen-bond donors (Lipinski definition) is 1. The molecule has 0 saturated carbocycles. The van der Waals surface area contributed by atoms with Crippen LogP contribution in [0.4, 0.5) is 5.69 Å². The van der Waals surface area contributed by atoms with Crippen LogP contribution in [0, 0.1) is 0 Å². The molecule has 0 aliphatic rings. The number of carbonyl (C=O) groups excluding carboxylic acids is 1. The first-order valence-corrected chi connectivity index (χ1v) is 11.7. The highest BCUT2D eigenvalue weighted by molar-refractivity contribution is 9.10. The third kappa shape index (κ3) is 7.25. The van der Waals surface area contributed by atoms with Gasteiger partial charge in [-0.15, -0.1) is 0 Å². The summed E-state index contributed by atoms with van der Waals surface area (Å²) in [5, 5.41) is 2.77. The zero-order valence-electron chi connectivity index (χ0n) is 16.4. The predicted octanol–water partition coefficient (Wildman–Crippen LogP) is 3.20. The van der Waals surface area contributed by atoms with Crippen molar-refractivity contribution >= 4 is 37.5 Å². The normalized spacial score (nSPS) is 11.0. The molecule has 9 heteroatoms. The standard InChI is InChI=1S/C20H25BrN2O5S/c1-27-18-10-5-6-11-19(18)28-15-13-22-20(24)12-7-14-23(29(2,25)26)17-9-4-3-8-16(17)21/h3-6,8-11H,7,12-15H2,1-2H3,(H,22,24). The van der Waals surface area contributed by atoms with E-state index in [0.717, 1.165) is 6.26 Å². The summed E-state index contributed by atoms with van der Waals surface area (Å²) in [6.07, 6.45) is 1.76. The second-order valence-corrected chi connectivity index (χ2v) is 9.00. The first kappa shape index (κ1) is 23.0. The number of methoxy groups -OCH3 is 1. The highest BCUT2D eigenvalue weighted by atomic mass is 79.9. The molecule has 2 aromatic rings. The minimum absolute atomic E-state index is 0.158. The Balaban J connectivity index is 1.77. The van der Waals surface area contributed by atoms with Gasteiger partial charge in [-0.05, 0) is 46.6 Å². The van der Waals surface area contributed by atoms with Crippen molar-refractivity contribution in [2.24, 2.45) is 0 Å². The monoisotopic (exact) mass is 484 g/mol. The van der Waals surface area contributed by atoms with E-state index >= 15 is 0 Å². The van der Waals surface area contributed by atoms with Gasteiger partial charge in [-0.3, -0.25) is 9.10 Å². The minimum atomic E-state index is -3.46. The first-order valence-electron chi connectivity index (χ1n) is 9.07. The third-order valence-electron chi connectivity index (χ3n) is 4.04. The smallest absolute Gasteiger partial charge is 0.232 e. The van der Waals surface area contributed by atoms with E-state index in [1.165, 1.54) is 4.31 Å². The van der Waals surface area contributed by atoms with Crippen LogP contribution in [0.15, 0.2) is 53.0 Å². The van der Waals surface area contributed by atoms with E-state index in [2.05, 4.69) is 21.2 Å². The van der Waals surface area contributed by atoms with Crippen LogP contribution in [0.2, 0.25) is 0 Å². The molecule has 29 heavy (non-hydrogen) atoms. The second-order valence-electron chi connectivity index (χ2n) is 6.24. The molecule has 0 aliphatic heterocycles. The molecule has 0 saturated heterocycles. The van der Waals surface area contributed by atoms with Crippen molar-refractivity contribution in [1.82, 2.24) is 5.32 Å². The number of amides is 1. The van der Waals surface area contributed by atoms with Gasteiger partial charge in [0, 0.05) is 17.4 Å². The molecule has 0 unspecified atom stereocenters. The average Bonchev–Trinajstić information content (AvgIpc) is 2.69. The fraction of sp³-hybridized carbons (Fsp3) is 0.350. The van der Waals surface area contributed by atoms with Crippen LogP contribution in [-0.2, 0) is 14.8 Å². The van der Waals surface area contributed by atoms with Crippen molar-refractivity contribution in [3.8, 4) is 11.5 Å². The zero-order chi connectivity index (χ0) is 21.3. The van der Waals surface area contributed by atoms with Crippen molar-refractivity contribution in [2.75, 3.05) is 37.4 Å². The maximum Gasteiger partial charge on any atom is 0.232 e. The third-order valence-corrected chi connectivity index (χ3v) is 5.89. The van der Waals surface area contributed by atoms with Gasteiger partial charge in [-0.25, -0.2) is 8.42 Å². The Bertz CT molecular complexity index is 921. The molecule has 0 aromatic heterocycles. The molecule has 0 spiro atoms. The predicted molar refractivity (Wildman–Crippen MR) is 117 cm³/mol. The Morgan fingerprint density at radius 2 is 1.76 bits per heavy atom. The largest absolute Gasteiger partial charge is 0.493 e. The molecule has 1 N–H and O–H groups in total. The maximum atomic E-state index is 12.1. The Labute approximate surface area is 180 Å². The lowest BCUT2D eigenvalue weighted by Crippen LogP contribution is -2.33. The fourth-order valence-corrected chi connectivity index (χ4v) is 4.27. The van der Waals surface area contributed by atoms with Gasteiger partial charge in [0.15, 0.2) is 11.5 Å². The first-order chi connectivity index (χ1) is 13.8. The van der Waals surface area contributed by atoms with Crippen molar-refractivity contribution < 1.29 is 22.7 Å². The van der Waals surface area contributed by atoms with Crippen LogP contribution in [0.3, 0.4) is 0 Å². The van der Waals surface area contributed by atoms with E-state index in [4.69, 9.17) is 9.47 Å². The van der Waals surface area contributed by atoms with E-state index in [-0.39, 0.29) is 18.9 Å². The van der Waals surface area contributed by atoms with Gasteiger partial charge in [0.05, 0.1) is 25.6 Å². The summed E-state index contributed by atoms with van der Waals surface area (Å²) in [6, 6.07) is 14.4. The van der Waals surface area contributed by atoms with Gasteiger partial charge in [0.2, 0.25) is 15.9 Å². The molecule has 0 atom stereocenters. The molecule has 1 amide bonds. The Morgan fingerprint density at radius 1 is 1.10 bits per heavy atom. The fourth-order valence-electron chi connectivity index (χ4n) is 2.68. The summed E-state index contributed by atoms with van der Waals surface area (Å²) >= 11 is 3.37. The Hall–Kier alpha value is -2.26. The van der Waals surface area contributed by atoms with Crippen LogP contribution in [0.5, 0.6) is 11.5 Å². The summed E-state index contributed by atoms with van der Waals surface area (Å²) in [6.45, 7) is 0.863. The number of halogens is 1. The summed E-state index contributed by atoms with van der Waals surface area (Å²) in [4.78, 5) is 12.0. The lowest BCUT2D eigenvalue weighted by molar-refractivity contribution is -0.121. The molecule has 0 fully saturated rings. The molecule has 7 nitrogen and oxygen atoms in total. The summed E-state index contributed by atoms with van der Waals surface area (Å²) in [5.74, 6) is 1.09. The van der Waals surface area contributed by atoms with E-state index in [9.17, 15) is 13.2 Å². The number of hydrogen-bond acceptors (Lipinski definition) is 5. The van der Waals surface area contributed by atoms with Crippen molar-refractivity contribution in [3.05, 3.63) is 53.0 Å². The minimum Gasteiger partial charge on any atom is -0.493 e. The zero-order valence-corrected chi connectivity index (χ0v) is 18.8. The van der Waals surface area contributed by atoms with Crippen LogP contribution >= 0.6 is 15.9 Å². The van der Waals surface area contributed by atoms with Gasteiger partial charge >= 0.3 is 0 Å². The average molecular weight is 485 g/mol. The molecular formula is C20H25BrN2O5S. The van der Waals surface area contributed by atoms with Crippen LogP contribution < -0.4 is 19.1 Å². The van der Waals surface area contributed by atoms with Gasteiger partial charge in [-0.1, -0.05) is 24.3 Å². The number of ether oxygens (including phenoxy) is 2. The summed E-state index contributed by atoms with van der Waals surface area (Å²) < 4.78 is 37.1. The molecule has 0 heterocycles. The molecule has 0 bridgehead atoms. The van der Waals surface area contributed by atoms with E-state index in [0.29, 0.717) is 41.2 Å². The maximum absolute atomic E-state index is 12.1. The topological polar surface area (TPSA) is 84.9 Å². The number of rotatable bonds is 11. The molecular weight excluding hydrogens is 460 g/mol. The van der Waals surface area contributed by atoms with E-state index in [1.807, 2.05) is 18.2 Å². The summed E-state index contributed by atoms with van der Waals surface area (Å²) in [7, 11) is -1.89. The van der Waals surface area contributed by atoms with Gasteiger partial charge in [0.1, 0.15) is 6.61 Å². The van der Waals surface area contributed by atoms with Crippen molar-refractivity contribution in [1.29, 1.82) is 0 Å². The van der Waals surface area contributed by atoms with Crippen molar-refractivity contribution in [2.45, 2.75) is 12.8 Å². The molecule has 2 rings (SSSR count). The van der Waals surface area contributed by atoms with Crippen LogP contribution in [-0.4, -0.2) is 47.4 Å². The van der Waals surface area contributed by atoms with Crippen LogP contribution in [0.25, 0.3) is 0 Å². The van der Waals surface area contributed by atoms with E-state index < -0.39 is 10.0 Å². The lowest BCUT2D eigenvalue weighted by Gasteiger charge is -2.23. The van der Waals surface area contributed by atoms with Crippen molar-refractivity contribution in [3.63, 3.8) is 0 Å². The highest BCUT2D eigenvalue weighted by Gasteiger charge is 2.19. The molecule has 2 aromatic carbocycles. The van der Waals surface area contributed by atoms with Gasteiger partial charge < -0.3 is 14.8 Å². The van der Waals surface area contributed by atoms with Gasteiger partial charge in [-0.2, -0.15) is 0 Å². The number of benzene rings is 2. The number of anilines is 1. The molecule has 0 aliphatic carbocycles. The molecule has 158 valence electrons. The number of sulfonamides is 1. The quantitative estimate of drug-likeness (QED) is 0.495. The highest BCUT2D eigenvalue weighted by Crippen LogP contribution is 2.28. The number of para-hydroxylation sites is 3. The Morgan fingerprint density at radius 3 is 2.41 bits per heavy atom. The number of nitrogens with one attached hydrogen (secondary N) is 1. The second kappa shape index (κ2) is 11.1. The van der Waals surface area contributed by atoms with Gasteiger partial charge in [0.25, 0.3) is 0 Å². The Kier molecular flexibility index (Phi) is 8.78. The summed E-state index contributed by atoms with van der Waals surface area (Å²) in [5.41, 5.74) is 0.556. The number of carbonyl (C=O) groups is 1.